The molecule has 0 spiro atoms. The van der Waals surface area contributed by atoms with E-state index in [0.717, 1.165) is 5.56 Å². The van der Waals surface area contributed by atoms with Gasteiger partial charge < -0.3 is 5.73 Å². The number of nitrogens with zero attached hydrogens (tertiary/aromatic N) is 3. The van der Waals surface area contributed by atoms with Crippen LogP contribution in [0.5, 0.6) is 0 Å². The summed E-state index contributed by atoms with van der Waals surface area (Å²) >= 11 is 0. The summed E-state index contributed by atoms with van der Waals surface area (Å²) in [6, 6.07) is 4.44. The summed E-state index contributed by atoms with van der Waals surface area (Å²) in [6.07, 6.45) is 1.42. The van der Waals surface area contributed by atoms with Crippen LogP contribution in [0.4, 0.5) is 10.2 Å². The van der Waals surface area contributed by atoms with E-state index in [1.54, 1.807) is 6.07 Å². The SMILES string of the molecule is Cc1ccc(F)cc1-n1ncc(N)n1. The maximum absolute atomic E-state index is 12.9. The third kappa shape index (κ3) is 1.44. The summed E-state index contributed by atoms with van der Waals surface area (Å²) in [5, 5.41) is 7.80. The van der Waals surface area contributed by atoms with E-state index in [-0.39, 0.29) is 5.82 Å². The second-order valence-electron chi connectivity index (χ2n) is 2.99. The lowest BCUT2D eigenvalue weighted by molar-refractivity contribution is 0.621. The van der Waals surface area contributed by atoms with Crippen molar-refractivity contribution >= 4 is 5.82 Å². The van der Waals surface area contributed by atoms with Crippen LogP contribution in [-0.4, -0.2) is 15.0 Å². The molecule has 0 saturated heterocycles. The number of nitrogens with two attached hydrogens (primary N) is 1. The molecular weight excluding hydrogens is 183 g/mol. The van der Waals surface area contributed by atoms with Crippen LogP contribution in [-0.2, 0) is 0 Å². The molecule has 0 saturated carbocycles. The zero-order chi connectivity index (χ0) is 10.1. The third-order valence-corrected chi connectivity index (χ3v) is 1.90. The Morgan fingerprint density at radius 1 is 1.43 bits per heavy atom. The molecule has 1 aromatic carbocycles. The molecular formula is C9H9FN4. The molecule has 1 aromatic heterocycles. The molecule has 72 valence electrons. The fourth-order valence-electron chi connectivity index (χ4n) is 1.19. The molecule has 0 aliphatic carbocycles. The monoisotopic (exact) mass is 192 g/mol. The number of anilines is 1. The lowest BCUT2D eigenvalue weighted by Gasteiger charge is -2.03. The van der Waals surface area contributed by atoms with Crippen molar-refractivity contribution in [2.24, 2.45) is 0 Å². The Labute approximate surface area is 80.2 Å². The predicted octanol–water partition coefficient (Wildman–Crippen LogP) is 1.30. The lowest BCUT2D eigenvalue weighted by Crippen LogP contribution is -2.02. The molecule has 4 nitrogen and oxygen atoms in total. The molecule has 0 aliphatic rings. The van der Waals surface area contributed by atoms with Crippen molar-refractivity contribution in [1.82, 2.24) is 15.0 Å². The summed E-state index contributed by atoms with van der Waals surface area (Å²) in [5.74, 6) is -0.00451. The average Bonchev–Trinajstić information content (AvgIpc) is 2.56. The molecule has 0 amide bonds. The summed E-state index contributed by atoms with van der Waals surface area (Å²) in [6.45, 7) is 1.86. The van der Waals surface area contributed by atoms with Crippen molar-refractivity contribution in [2.45, 2.75) is 6.92 Å². The van der Waals surface area contributed by atoms with E-state index >= 15 is 0 Å². The van der Waals surface area contributed by atoms with E-state index in [4.69, 9.17) is 5.73 Å². The average molecular weight is 192 g/mol. The van der Waals surface area contributed by atoms with Crippen molar-refractivity contribution in [1.29, 1.82) is 0 Å². The Morgan fingerprint density at radius 2 is 2.21 bits per heavy atom. The van der Waals surface area contributed by atoms with E-state index in [2.05, 4.69) is 10.2 Å². The molecule has 0 radical (unpaired) electrons. The van der Waals surface area contributed by atoms with Gasteiger partial charge in [-0.15, -0.1) is 9.90 Å². The van der Waals surface area contributed by atoms with Crippen molar-refractivity contribution < 1.29 is 4.39 Å². The highest BCUT2D eigenvalue weighted by molar-refractivity contribution is 5.39. The first kappa shape index (κ1) is 8.68. The summed E-state index contributed by atoms with van der Waals surface area (Å²) < 4.78 is 12.9. The minimum atomic E-state index is -0.318. The molecule has 0 unspecified atom stereocenters. The van der Waals surface area contributed by atoms with E-state index in [9.17, 15) is 4.39 Å². The first-order valence-corrected chi connectivity index (χ1v) is 4.11. The molecule has 1 heterocycles. The van der Waals surface area contributed by atoms with Gasteiger partial charge in [0.15, 0.2) is 5.82 Å². The van der Waals surface area contributed by atoms with Crippen LogP contribution in [0, 0.1) is 12.7 Å². The largest absolute Gasteiger partial charge is 0.381 e. The van der Waals surface area contributed by atoms with Crippen LogP contribution in [0.2, 0.25) is 0 Å². The van der Waals surface area contributed by atoms with Gasteiger partial charge in [-0.1, -0.05) is 6.07 Å². The minimum absolute atomic E-state index is 0.314. The number of aromatic nitrogens is 3. The molecule has 0 fully saturated rings. The van der Waals surface area contributed by atoms with Crippen LogP contribution in [0.3, 0.4) is 0 Å². The van der Waals surface area contributed by atoms with E-state index in [1.807, 2.05) is 6.92 Å². The smallest absolute Gasteiger partial charge is 0.166 e. The van der Waals surface area contributed by atoms with Crippen molar-refractivity contribution in [2.75, 3.05) is 5.73 Å². The number of nitrogen functional groups attached to an aromatic ring is 1. The summed E-state index contributed by atoms with van der Waals surface area (Å²) in [7, 11) is 0. The predicted molar refractivity (Wildman–Crippen MR) is 50.5 cm³/mol. The second kappa shape index (κ2) is 3.10. The number of halogens is 1. The second-order valence-corrected chi connectivity index (χ2v) is 2.99. The van der Waals surface area contributed by atoms with Gasteiger partial charge in [-0.3, -0.25) is 0 Å². The van der Waals surface area contributed by atoms with Crippen molar-refractivity contribution in [3.8, 4) is 5.69 Å². The Balaban J connectivity index is 2.55. The zero-order valence-electron chi connectivity index (χ0n) is 7.61. The van der Waals surface area contributed by atoms with E-state index in [0.29, 0.717) is 11.5 Å². The van der Waals surface area contributed by atoms with Crippen LogP contribution in [0.1, 0.15) is 5.56 Å². The number of hydrogen-bond donors (Lipinski definition) is 1. The van der Waals surface area contributed by atoms with E-state index in [1.165, 1.54) is 23.1 Å². The minimum Gasteiger partial charge on any atom is -0.381 e. The first-order chi connectivity index (χ1) is 6.66. The molecule has 0 aliphatic heterocycles. The van der Waals surface area contributed by atoms with Crippen LogP contribution < -0.4 is 5.73 Å². The van der Waals surface area contributed by atoms with Gasteiger partial charge >= 0.3 is 0 Å². The maximum Gasteiger partial charge on any atom is 0.166 e. The number of aryl methyl sites for hydroxylation is 1. The number of benzene rings is 1. The molecule has 14 heavy (non-hydrogen) atoms. The van der Waals surface area contributed by atoms with Crippen molar-refractivity contribution in [3.05, 3.63) is 35.8 Å². The third-order valence-electron chi connectivity index (χ3n) is 1.90. The topological polar surface area (TPSA) is 56.7 Å². The number of rotatable bonds is 1. The Kier molecular flexibility index (Phi) is 1.92. The van der Waals surface area contributed by atoms with Gasteiger partial charge in [0, 0.05) is 6.07 Å². The Bertz CT molecular complexity index is 464. The highest BCUT2D eigenvalue weighted by Gasteiger charge is 2.04. The van der Waals surface area contributed by atoms with Crippen LogP contribution in [0.15, 0.2) is 24.4 Å². The van der Waals surface area contributed by atoms with Gasteiger partial charge in [-0.05, 0) is 18.6 Å². The Morgan fingerprint density at radius 3 is 2.86 bits per heavy atom. The lowest BCUT2D eigenvalue weighted by atomic mass is 10.2. The highest BCUT2D eigenvalue weighted by atomic mass is 19.1. The van der Waals surface area contributed by atoms with Gasteiger partial charge in [-0.2, -0.15) is 5.10 Å². The highest BCUT2D eigenvalue weighted by Crippen LogP contribution is 2.13. The first-order valence-electron chi connectivity index (χ1n) is 4.11. The standard InChI is InChI=1S/C9H9FN4/c1-6-2-3-7(10)4-8(6)14-12-5-9(11)13-14/h2-5H,1H3,(H2,11,13). The van der Waals surface area contributed by atoms with Crippen molar-refractivity contribution in [3.63, 3.8) is 0 Å². The van der Waals surface area contributed by atoms with Gasteiger partial charge in [0.05, 0.1) is 11.9 Å². The summed E-state index contributed by atoms with van der Waals surface area (Å²) in [5.41, 5.74) is 6.91. The van der Waals surface area contributed by atoms with Gasteiger partial charge in [0.1, 0.15) is 5.82 Å². The maximum atomic E-state index is 12.9. The molecule has 2 aromatic rings. The molecule has 2 N–H and O–H groups in total. The normalized spacial score (nSPS) is 10.4. The zero-order valence-corrected chi connectivity index (χ0v) is 7.61. The van der Waals surface area contributed by atoms with Crippen LogP contribution in [0.25, 0.3) is 5.69 Å². The van der Waals surface area contributed by atoms with Crippen LogP contribution >= 0.6 is 0 Å². The molecule has 5 heteroatoms. The molecule has 0 bridgehead atoms. The number of hydrogen-bond acceptors (Lipinski definition) is 3. The van der Waals surface area contributed by atoms with E-state index < -0.39 is 0 Å². The summed E-state index contributed by atoms with van der Waals surface area (Å²) in [4.78, 5) is 1.31. The van der Waals surface area contributed by atoms with Gasteiger partial charge in [0.25, 0.3) is 0 Å². The van der Waals surface area contributed by atoms with Gasteiger partial charge in [-0.25, -0.2) is 4.39 Å². The fraction of sp³-hybridized carbons (Fsp3) is 0.111. The fourth-order valence-corrected chi connectivity index (χ4v) is 1.19. The Hall–Kier alpha value is -1.91. The molecule has 2 rings (SSSR count). The quantitative estimate of drug-likeness (QED) is 0.740. The van der Waals surface area contributed by atoms with Gasteiger partial charge in [0.2, 0.25) is 0 Å². The molecule has 0 atom stereocenters.